The molecule has 0 heterocycles. The summed E-state index contributed by atoms with van der Waals surface area (Å²) >= 11 is 0. The van der Waals surface area contributed by atoms with Gasteiger partial charge < -0.3 is 10.1 Å². The summed E-state index contributed by atoms with van der Waals surface area (Å²) in [5, 5.41) is 2.31. The minimum atomic E-state index is -0.232. The number of carbonyl (C=O) groups excluding carboxylic acids is 1. The van der Waals surface area contributed by atoms with Crippen LogP contribution >= 0.6 is 0 Å². The van der Waals surface area contributed by atoms with Crippen molar-refractivity contribution >= 4 is 5.91 Å². The van der Waals surface area contributed by atoms with Crippen LogP contribution in [0.5, 0.6) is 5.75 Å². The first-order valence-corrected chi connectivity index (χ1v) is 4.08. The Hall–Kier alpha value is -1.51. The van der Waals surface area contributed by atoms with E-state index in [1.807, 2.05) is 13.0 Å². The Labute approximate surface area is 77.7 Å². The summed E-state index contributed by atoms with van der Waals surface area (Å²) in [6.45, 7) is 2.42. The molecule has 69 valence electrons. The van der Waals surface area contributed by atoms with E-state index in [4.69, 9.17) is 4.74 Å². The van der Waals surface area contributed by atoms with Gasteiger partial charge in [0, 0.05) is 7.05 Å². The third kappa shape index (κ3) is 2.21. The smallest absolute Gasteiger partial charge is 0.255 e. The third-order valence-electron chi connectivity index (χ3n) is 1.59. The van der Waals surface area contributed by atoms with E-state index in [0.717, 1.165) is 0 Å². The van der Waals surface area contributed by atoms with Crippen LogP contribution in [-0.2, 0) is 0 Å². The Morgan fingerprint density at radius 2 is 2.23 bits per heavy atom. The van der Waals surface area contributed by atoms with Crippen LogP contribution < -0.4 is 10.1 Å². The van der Waals surface area contributed by atoms with E-state index in [2.05, 4.69) is 12.4 Å². The van der Waals surface area contributed by atoms with Crippen molar-refractivity contribution in [1.29, 1.82) is 0 Å². The van der Waals surface area contributed by atoms with Gasteiger partial charge in [0.1, 0.15) is 5.75 Å². The third-order valence-corrected chi connectivity index (χ3v) is 1.59. The average molecular weight is 178 g/mol. The topological polar surface area (TPSA) is 38.3 Å². The molecule has 0 aliphatic carbocycles. The summed E-state index contributed by atoms with van der Waals surface area (Å²) in [5.41, 5.74) is 0.513. The summed E-state index contributed by atoms with van der Waals surface area (Å²) in [6, 6.07) is 7.07. The van der Waals surface area contributed by atoms with Crippen LogP contribution in [0.4, 0.5) is 0 Å². The summed E-state index contributed by atoms with van der Waals surface area (Å²) in [5.74, 6) is 0.357. The van der Waals surface area contributed by atoms with Gasteiger partial charge in [0.25, 0.3) is 5.91 Å². The zero-order valence-electron chi connectivity index (χ0n) is 7.54. The fourth-order valence-corrected chi connectivity index (χ4v) is 1.03. The van der Waals surface area contributed by atoms with Crippen LogP contribution in [0.3, 0.4) is 0 Å². The van der Waals surface area contributed by atoms with E-state index in [1.54, 1.807) is 18.2 Å². The number of amides is 1. The van der Waals surface area contributed by atoms with Crippen molar-refractivity contribution in [3.63, 3.8) is 0 Å². The lowest BCUT2D eigenvalue weighted by Crippen LogP contribution is -2.16. The van der Waals surface area contributed by atoms with Crippen molar-refractivity contribution in [3.05, 3.63) is 36.9 Å². The summed E-state index contributed by atoms with van der Waals surface area (Å²) in [7, 11) is 3.31. The Kier molecular flexibility index (Phi) is 3.31. The average Bonchev–Trinajstić information content (AvgIpc) is 2.18. The van der Waals surface area contributed by atoms with Crippen molar-refractivity contribution in [3.8, 4) is 5.75 Å². The summed E-state index contributed by atoms with van der Waals surface area (Å²) in [4.78, 5) is 11.3. The van der Waals surface area contributed by atoms with Crippen LogP contribution in [0.15, 0.2) is 24.3 Å². The Morgan fingerprint density at radius 1 is 1.54 bits per heavy atom. The SMILES string of the molecule is [CH2]NC(=O)c1ccccc1OCC. The molecule has 0 atom stereocenters. The Morgan fingerprint density at radius 3 is 2.85 bits per heavy atom. The lowest BCUT2D eigenvalue weighted by atomic mass is 10.2. The molecule has 3 heteroatoms. The Bertz CT molecular complexity index is 297. The van der Waals surface area contributed by atoms with Crippen molar-refractivity contribution in [1.82, 2.24) is 5.32 Å². The van der Waals surface area contributed by atoms with Gasteiger partial charge in [0.2, 0.25) is 0 Å². The highest BCUT2D eigenvalue weighted by Gasteiger charge is 2.08. The zero-order chi connectivity index (χ0) is 9.68. The van der Waals surface area contributed by atoms with Gasteiger partial charge in [-0.15, -0.1) is 0 Å². The first-order chi connectivity index (χ1) is 6.29. The van der Waals surface area contributed by atoms with Crippen LogP contribution in [0.1, 0.15) is 17.3 Å². The Balaban J connectivity index is 2.97. The predicted octanol–water partition coefficient (Wildman–Crippen LogP) is 1.61. The fourth-order valence-electron chi connectivity index (χ4n) is 1.03. The van der Waals surface area contributed by atoms with E-state index in [0.29, 0.717) is 17.9 Å². The minimum absolute atomic E-state index is 0.232. The summed E-state index contributed by atoms with van der Waals surface area (Å²) in [6.07, 6.45) is 0. The first kappa shape index (κ1) is 9.58. The molecule has 1 aromatic rings. The highest BCUT2D eigenvalue weighted by Crippen LogP contribution is 2.17. The van der Waals surface area contributed by atoms with E-state index in [1.165, 1.54) is 0 Å². The molecule has 0 unspecified atom stereocenters. The quantitative estimate of drug-likeness (QED) is 0.763. The molecule has 0 saturated carbocycles. The van der Waals surface area contributed by atoms with Crippen molar-refractivity contribution in [2.45, 2.75) is 6.92 Å². The van der Waals surface area contributed by atoms with Crippen molar-refractivity contribution in [2.24, 2.45) is 0 Å². The number of hydrogen-bond acceptors (Lipinski definition) is 2. The van der Waals surface area contributed by atoms with Crippen molar-refractivity contribution in [2.75, 3.05) is 6.61 Å². The second kappa shape index (κ2) is 4.50. The fraction of sp³-hybridized carbons (Fsp3) is 0.200. The van der Waals surface area contributed by atoms with E-state index < -0.39 is 0 Å². The van der Waals surface area contributed by atoms with Gasteiger partial charge >= 0.3 is 0 Å². The predicted molar refractivity (Wildman–Crippen MR) is 50.4 cm³/mol. The molecule has 1 radical (unpaired) electrons. The molecule has 0 aliphatic rings. The molecule has 3 nitrogen and oxygen atoms in total. The second-order valence-corrected chi connectivity index (χ2v) is 2.44. The number of rotatable bonds is 3. The highest BCUT2D eigenvalue weighted by atomic mass is 16.5. The molecular weight excluding hydrogens is 166 g/mol. The molecule has 1 rings (SSSR count). The lowest BCUT2D eigenvalue weighted by molar-refractivity contribution is 0.0965. The van der Waals surface area contributed by atoms with Gasteiger partial charge in [-0.1, -0.05) is 12.1 Å². The van der Waals surface area contributed by atoms with Gasteiger partial charge in [0.05, 0.1) is 12.2 Å². The van der Waals surface area contributed by atoms with E-state index in [-0.39, 0.29) is 5.91 Å². The van der Waals surface area contributed by atoms with E-state index >= 15 is 0 Å². The summed E-state index contributed by atoms with van der Waals surface area (Å²) < 4.78 is 5.27. The molecule has 1 amide bonds. The van der Waals surface area contributed by atoms with Gasteiger partial charge in [-0.05, 0) is 19.1 Å². The molecule has 13 heavy (non-hydrogen) atoms. The van der Waals surface area contributed by atoms with Gasteiger partial charge in [-0.3, -0.25) is 4.79 Å². The minimum Gasteiger partial charge on any atom is -0.493 e. The molecule has 0 aliphatic heterocycles. The molecule has 0 saturated heterocycles. The maximum atomic E-state index is 11.3. The van der Waals surface area contributed by atoms with Crippen LogP contribution in [0.2, 0.25) is 0 Å². The normalized spacial score (nSPS) is 9.38. The van der Waals surface area contributed by atoms with Crippen LogP contribution in [-0.4, -0.2) is 12.5 Å². The number of benzene rings is 1. The molecular formula is C10H12NO2. The maximum Gasteiger partial charge on any atom is 0.255 e. The van der Waals surface area contributed by atoms with E-state index in [9.17, 15) is 4.79 Å². The lowest BCUT2D eigenvalue weighted by Gasteiger charge is -2.07. The first-order valence-electron chi connectivity index (χ1n) is 4.08. The zero-order valence-corrected chi connectivity index (χ0v) is 7.54. The van der Waals surface area contributed by atoms with Gasteiger partial charge in [0.15, 0.2) is 0 Å². The largest absolute Gasteiger partial charge is 0.493 e. The number of nitrogens with one attached hydrogen (secondary N) is 1. The highest BCUT2D eigenvalue weighted by molar-refractivity contribution is 5.96. The van der Waals surface area contributed by atoms with Crippen LogP contribution in [0, 0.1) is 7.05 Å². The molecule has 1 aromatic carbocycles. The van der Waals surface area contributed by atoms with Gasteiger partial charge in [-0.25, -0.2) is 0 Å². The number of para-hydroxylation sites is 1. The molecule has 0 aromatic heterocycles. The number of ether oxygens (including phenoxy) is 1. The molecule has 1 N–H and O–H groups in total. The number of carbonyl (C=O) groups is 1. The van der Waals surface area contributed by atoms with Gasteiger partial charge in [-0.2, -0.15) is 0 Å². The molecule has 0 bridgehead atoms. The standard InChI is InChI=1S/C10H12NO2/c1-3-13-9-7-5-4-6-8(9)10(12)11-2/h4-7H,2-3H2,1H3,(H,11,12). The van der Waals surface area contributed by atoms with Crippen molar-refractivity contribution < 1.29 is 9.53 Å². The number of hydrogen-bond donors (Lipinski definition) is 1. The second-order valence-electron chi connectivity index (χ2n) is 2.44. The molecule has 0 fully saturated rings. The van der Waals surface area contributed by atoms with Crippen LogP contribution in [0.25, 0.3) is 0 Å². The monoisotopic (exact) mass is 178 g/mol. The maximum absolute atomic E-state index is 11.3. The molecule has 0 spiro atoms.